The maximum atomic E-state index is 14.3. The number of aromatic nitrogens is 6. The number of halogens is 5. The van der Waals surface area contributed by atoms with Crippen molar-refractivity contribution in [2.24, 2.45) is 0 Å². The summed E-state index contributed by atoms with van der Waals surface area (Å²) < 4.78 is 65.2. The Hall–Kier alpha value is -6.34. The van der Waals surface area contributed by atoms with Gasteiger partial charge in [-0.05, 0) is 95.9 Å². The molecule has 6 aromatic heterocycles. The van der Waals surface area contributed by atoms with Crippen LogP contribution in [0.5, 0.6) is 0 Å². The van der Waals surface area contributed by atoms with Gasteiger partial charge in [0.1, 0.15) is 34.7 Å². The SMILES string of the molecule is C1CCOC1.Fc1ccc(Cn2c(-c3cc(-c4cccs4)ccn3)nc3ccccc32)c(F)c1.Fc1ccc(Cn2c(-c3cc(Br)ccn3)nc3ccccc32)c(F)c1.OB(O)c1cccs1. The Morgan fingerprint density at radius 3 is 1.60 bits per heavy atom. The van der Waals surface area contributed by atoms with Crippen LogP contribution in [0.1, 0.15) is 24.0 Å². The Morgan fingerprint density at radius 1 is 0.597 bits per heavy atom. The van der Waals surface area contributed by atoms with Crippen LogP contribution < -0.4 is 4.78 Å². The van der Waals surface area contributed by atoms with Crippen LogP contribution in [0.25, 0.3) is 55.5 Å². The zero-order chi connectivity index (χ0) is 46.7. The predicted molar refractivity (Wildman–Crippen MR) is 262 cm³/mol. The summed E-state index contributed by atoms with van der Waals surface area (Å²) in [5.74, 6) is -1.06. The molecule has 1 aliphatic rings. The lowest BCUT2D eigenvalue weighted by atomic mass is 9.90. The molecule has 0 aliphatic carbocycles. The number of thiophene rings is 2. The van der Waals surface area contributed by atoms with Gasteiger partial charge in [-0.25, -0.2) is 27.5 Å². The van der Waals surface area contributed by atoms with Crippen molar-refractivity contribution < 1.29 is 32.3 Å². The third kappa shape index (κ3) is 12.0. The maximum Gasteiger partial charge on any atom is 0.499 e. The average molecular weight is 1000 g/mol. The number of pyridine rings is 2. The molecule has 4 aromatic carbocycles. The number of fused-ring (bicyclic) bond motifs is 2. The average Bonchev–Trinajstić information content (AvgIpc) is 4.20. The molecule has 1 fully saturated rings. The van der Waals surface area contributed by atoms with Crippen molar-refractivity contribution in [3.8, 4) is 33.5 Å². The van der Waals surface area contributed by atoms with E-state index in [-0.39, 0.29) is 13.1 Å². The zero-order valence-electron chi connectivity index (χ0n) is 35.5. The van der Waals surface area contributed by atoms with Crippen molar-refractivity contribution >= 4 is 72.6 Å². The van der Waals surface area contributed by atoms with Gasteiger partial charge < -0.3 is 23.9 Å². The molecule has 11 rings (SSSR count). The number of rotatable bonds is 8. The smallest absolute Gasteiger partial charge is 0.423 e. The van der Waals surface area contributed by atoms with Crippen LogP contribution in [0.2, 0.25) is 0 Å². The number of imidazole rings is 2. The van der Waals surface area contributed by atoms with Gasteiger partial charge in [-0.3, -0.25) is 9.97 Å². The molecular weight excluding hydrogens is 963 g/mol. The molecule has 0 radical (unpaired) electrons. The molecule has 0 unspecified atom stereocenters. The van der Waals surface area contributed by atoms with Crippen molar-refractivity contribution in [1.29, 1.82) is 0 Å². The fraction of sp³-hybridized carbons (Fsp3) is 0.120. The van der Waals surface area contributed by atoms with E-state index in [1.807, 2.05) is 93.4 Å². The van der Waals surface area contributed by atoms with Gasteiger partial charge in [-0.15, -0.1) is 11.3 Å². The Kier molecular flexibility index (Phi) is 15.8. The van der Waals surface area contributed by atoms with E-state index in [9.17, 15) is 17.6 Å². The largest absolute Gasteiger partial charge is 0.499 e. The first kappa shape index (κ1) is 47.2. The van der Waals surface area contributed by atoms with E-state index in [2.05, 4.69) is 36.9 Å². The fourth-order valence-corrected chi connectivity index (χ4v) is 8.78. The van der Waals surface area contributed by atoms with Gasteiger partial charge in [-0.1, -0.05) is 70.5 Å². The lowest BCUT2D eigenvalue weighted by molar-refractivity contribution is 0.198. The van der Waals surface area contributed by atoms with Crippen molar-refractivity contribution in [3.63, 3.8) is 0 Å². The Balaban J connectivity index is 0.000000144. The topological polar surface area (TPSA) is 111 Å². The standard InChI is InChI=1S/C23H15F2N3S.C19H12BrF2N3.C4H5BO2S.C4H8O/c24-17-8-7-16(18(25)13-17)14-28-21-5-2-1-4-19(21)27-23(28)20-12-15(9-10-26-20)22-6-3-11-29-22;20-13-7-8-23-17(9-13)19-24-16-3-1-2-4-18(16)25(19)11-12-5-6-14(21)10-15(12)22;6-5(7)4-2-1-3-8-4;1-2-4-5-3-1/h1-13H,14H2;1-10H,11H2;1-3,6-7H;1-4H2. The summed E-state index contributed by atoms with van der Waals surface area (Å²) in [5, 5.41) is 20.8. The molecular formula is C50H40BBrF4N6O3S2. The van der Waals surface area contributed by atoms with Gasteiger partial charge in [0.2, 0.25) is 0 Å². The molecule has 7 heterocycles. The minimum atomic E-state index is -1.30. The molecule has 0 spiro atoms. The second-order valence-corrected chi connectivity index (χ2v) is 17.8. The molecule has 0 saturated carbocycles. The van der Waals surface area contributed by atoms with Gasteiger partial charge in [0, 0.05) is 63.0 Å². The molecule has 17 heteroatoms. The lowest BCUT2D eigenvalue weighted by Gasteiger charge is -2.11. The molecule has 1 aliphatic heterocycles. The maximum absolute atomic E-state index is 14.3. The lowest BCUT2D eigenvalue weighted by Crippen LogP contribution is -2.26. The van der Waals surface area contributed by atoms with Gasteiger partial charge in [0.25, 0.3) is 0 Å². The summed E-state index contributed by atoms with van der Waals surface area (Å²) in [6, 6.07) is 37.7. The Morgan fingerprint density at radius 2 is 1.13 bits per heavy atom. The van der Waals surface area contributed by atoms with E-state index < -0.39 is 30.4 Å². The molecule has 1 saturated heterocycles. The first-order valence-corrected chi connectivity index (χ1v) is 23.5. The van der Waals surface area contributed by atoms with E-state index in [0.717, 1.165) is 62.3 Å². The zero-order valence-corrected chi connectivity index (χ0v) is 38.7. The van der Waals surface area contributed by atoms with E-state index in [4.69, 9.17) is 19.8 Å². The predicted octanol–water partition coefficient (Wildman–Crippen LogP) is 11.6. The van der Waals surface area contributed by atoms with Gasteiger partial charge in [0.15, 0.2) is 11.6 Å². The summed E-state index contributed by atoms with van der Waals surface area (Å²) in [6.45, 7) is 2.46. The van der Waals surface area contributed by atoms with Crippen LogP contribution in [0.15, 0.2) is 161 Å². The fourth-order valence-electron chi connectivity index (χ4n) is 7.13. The minimum absolute atomic E-state index is 0.229. The summed E-state index contributed by atoms with van der Waals surface area (Å²) >= 11 is 6.42. The van der Waals surface area contributed by atoms with Crippen molar-refractivity contribution in [2.75, 3.05) is 13.2 Å². The highest BCUT2D eigenvalue weighted by molar-refractivity contribution is 9.10. The number of nitrogens with zero attached hydrogens (tertiary/aromatic N) is 6. The van der Waals surface area contributed by atoms with Crippen molar-refractivity contribution in [2.45, 2.75) is 25.9 Å². The summed E-state index contributed by atoms with van der Waals surface area (Å²) in [4.78, 5) is 19.4. The number of hydrogen-bond donors (Lipinski definition) is 2. The Bertz CT molecular complexity index is 3200. The first-order valence-electron chi connectivity index (χ1n) is 21.0. The monoisotopic (exact) mass is 1000 g/mol. The third-order valence-electron chi connectivity index (χ3n) is 10.4. The van der Waals surface area contributed by atoms with Crippen LogP contribution in [-0.2, 0) is 17.8 Å². The number of ether oxygens (including phenoxy) is 1. The second kappa shape index (κ2) is 22.4. The number of benzene rings is 4. The van der Waals surface area contributed by atoms with Crippen LogP contribution in [0.3, 0.4) is 0 Å². The van der Waals surface area contributed by atoms with Crippen LogP contribution in [0, 0.1) is 23.3 Å². The summed E-state index contributed by atoms with van der Waals surface area (Å²) in [7, 11) is -1.30. The van der Waals surface area contributed by atoms with Crippen molar-refractivity contribution in [3.05, 3.63) is 195 Å². The summed E-state index contributed by atoms with van der Waals surface area (Å²) in [5.41, 5.74) is 6.54. The summed E-state index contributed by atoms with van der Waals surface area (Å²) in [6.07, 6.45) is 5.99. The molecule has 338 valence electrons. The highest BCUT2D eigenvalue weighted by Gasteiger charge is 2.18. The Labute approximate surface area is 400 Å². The molecule has 2 N–H and O–H groups in total. The van der Waals surface area contributed by atoms with Crippen molar-refractivity contribution in [1.82, 2.24) is 29.1 Å². The van der Waals surface area contributed by atoms with E-state index in [1.165, 1.54) is 48.4 Å². The van der Waals surface area contributed by atoms with Gasteiger partial charge in [-0.2, -0.15) is 11.3 Å². The quantitative estimate of drug-likeness (QED) is 0.115. The second-order valence-electron chi connectivity index (χ2n) is 15.0. The molecule has 0 amide bonds. The van der Waals surface area contributed by atoms with Crippen LogP contribution in [0.4, 0.5) is 17.6 Å². The van der Waals surface area contributed by atoms with E-state index >= 15 is 0 Å². The van der Waals surface area contributed by atoms with Gasteiger partial charge in [0.05, 0.1) is 35.2 Å². The van der Waals surface area contributed by atoms with Crippen LogP contribution >= 0.6 is 38.6 Å². The third-order valence-corrected chi connectivity index (χ3v) is 12.7. The normalized spacial score (nSPS) is 11.9. The molecule has 0 bridgehead atoms. The highest BCUT2D eigenvalue weighted by atomic mass is 79.9. The molecule has 0 atom stereocenters. The first-order chi connectivity index (χ1) is 32.6. The molecule has 10 aromatic rings. The number of hydrogen-bond acceptors (Lipinski definition) is 9. The molecule has 9 nitrogen and oxygen atoms in total. The minimum Gasteiger partial charge on any atom is -0.423 e. The van der Waals surface area contributed by atoms with Gasteiger partial charge >= 0.3 is 7.12 Å². The van der Waals surface area contributed by atoms with E-state index in [1.54, 1.807) is 41.2 Å². The van der Waals surface area contributed by atoms with Crippen LogP contribution in [-0.4, -0.2) is 59.5 Å². The highest BCUT2D eigenvalue weighted by Crippen LogP contribution is 2.31. The number of para-hydroxylation sites is 4. The van der Waals surface area contributed by atoms with E-state index in [0.29, 0.717) is 38.9 Å². The molecule has 67 heavy (non-hydrogen) atoms.